The largest absolute Gasteiger partial charge is 0.416 e. The number of carbonyl (C=O) groups excluding carboxylic acids is 1. The van der Waals surface area contributed by atoms with Crippen molar-refractivity contribution in [2.75, 3.05) is 6.61 Å². The zero-order chi connectivity index (χ0) is 27.3. The molecule has 14 heteroatoms. The summed E-state index contributed by atoms with van der Waals surface area (Å²) < 4.78 is 66.7. The molecular weight excluding hydrogens is 527 g/mol. The summed E-state index contributed by atoms with van der Waals surface area (Å²) in [5.41, 5.74) is -1.54. The van der Waals surface area contributed by atoms with Crippen LogP contribution in [0.3, 0.4) is 0 Å². The second-order valence-electron chi connectivity index (χ2n) is 8.04. The maximum atomic E-state index is 13.1. The second kappa shape index (κ2) is 11.8. The Labute approximate surface area is 211 Å². The van der Waals surface area contributed by atoms with Crippen molar-refractivity contribution in [2.45, 2.75) is 44.3 Å². The van der Waals surface area contributed by atoms with E-state index < -0.39 is 61.6 Å². The van der Waals surface area contributed by atoms with Gasteiger partial charge in [-0.25, -0.2) is 18.3 Å². The fourth-order valence-electron chi connectivity index (χ4n) is 3.55. The van der Waals surface area contributed by atoms with E-state index in [2.05, 4.69) is 10.4 Å². The van der Waals surface area contributed by atoms with Crippen LogP contribution < -0.4 is 11.0 Å². The first kappa shape index (κ1) is 28.3. The Morgan fingerprint density at radius 2 is 1.81 bits per heavy atom. The number of alkyl halides is 5. The van der Waals surface area contributed by atoms with Crippen LogP contribution in [0.4, 0.5) is 22.0 Å². The molecule has 2 aromatic carbocycles. The third kappa shape index (κ3) is 7.14. The van der Waals surface area contributed by atoms with Crippen LogP contribution in [-0.4, -0.2) is 49.6 Å². The number of aliphatic hydroxyl groups excluding tert-OH is 2. The number of amides is 1. The van der Waals surface area contributed by atoms with E-state index in [0.29, 0.717) is 15.3 Å². The molecule has 3 rings (SSSR count). The lowest BCUT2D eigenvalue weighted by Gasteiger charge is -2.19. The first-order valence-corrected chi connectivity index (χ1v) is 11.3. The molecular formula is C23H22ClF5N4O4. The van der Waals surface area contributed by atoms with Crippen molar-refractivity contribution in [3.8, 4) is 11.4 Å². The predicted octanol–water partition coefficient (Wildman–Crippen LogP) is 3.25. The van der Waals surface area contributed by atoms with E-state index in [9.17, 15) is 41.8 Å². The van der Waals surface area contributed by atoms with Crippen molar-refractivity contribution in [3.63, 3.8) is 0 Å². The molecule has 0 radical (unpaired) electrons. The molecule has 8 nitrogen and oxygen atoms in total. The summed E-state index contributed by atoms with van der Waals surface area (Å²) in [5.74, 6) is -0.946. The van der Waals surface area contributed by atoms with Crippen molar-refractivity contribution in [3.05, 3.63) is 75.2 Å². The Kier molecular flexibility index (Phi) is 9.05. The van der Waals surface area contributed by atoms with E-state index >= 15 is 0 Å². The van der Waals surface area contributed by atoms with E-state index in [-0.39, 0.29) is 17.8 Å². The molecule has 0 aliphatic rings. The molecule has 0 aliphatic carbocycles. The smallest absolute Gasteiger partial charge is 0.396 e. The molecule has 0 aliphatic heterocycles. The van der Waals surface area contributed by atoms with Gasteiger partial charge in [-0.15, -0.1) is 5.10 Å². The third-order valence-electron chi connectivity index (χ3n) is 5.35. The van der Waals surface area contributed by atoms with Crippen molar-refractivity contribution in [1.82, 2.24) is 19.7 Å². The van der Waals surface area contributed by atoms with Gasteiger partial charge in [-0.2, -0.15) is 13.2 Å². The summed E-state index contributed by atoms with van der Waals surface area (Å²) in [6, 6.07) is 9.05. The third-order valence-corrected chi connectivity index (χ3v) is 5.60. The van der Waals surface area contributed by atoms with Crippen LogP contribution in [0.25, 0.3) is 11.4 Å². The zero-order valence-corrected chi connectivity index (χ0v) is 19.8. The van der Waals surface area contributed by atoms with Crippen LogP contribution in [0.1, 0.15) is 23.6 Å². The highest BCUT2D eigenvalue weighted by Crippen LogP contribution is 2.31. The summed E-state index contributed by atoms with van der Waals surface area (Å²) in [5, 5.41) is 25.9. The predicted molar refractivity (Wildman–Crippen MR) is 123 cm³/mol. The highest BCUT2D eigenvalue weighted by molar-refractivity contribution is 6.30. The lowest BCUT2D eigenvalue weighted by Crippen LogP contribution is -2.37. The Morgan fingerprint density at radius 1 is 1.14 bits per heavy atom. The first-order chi connectivity index (χ1) is 17.4. The van der Waals surface area contributed by atoms with E-state index in [0.717, 1.165) is 22.8 Å². The molecule has 1 amide bonds. The molecule has 1 heterocycles. The zero-order valence-electron chi connectivity index (χ0n) is 19.0. The molecule has 0 saturated heterocycles. The summed E-state index contributed by atoms with van der Waals surface area (Å²) in [7, 11) is 0. The van der Waals surface area contributed by atoms with Crippen LogP contribution >= 0.6 is 11.6 Å². The SMILES string of the molecule is O=C(Cn1nc(-c2ccc(Cl)cc2)n(CC(O)C(F)F)c1=O)NC(CCO)c1cccc(C(F)(F)F)c1. The molecule has 0 bridgehead atoms. The minimum atomic E-state index is -4.62. The number of carbonyl (C=O) groups is 1. The van der Waals surface area contributed by atoms with Crippen LogP contribution in [0, 0.1) is 0 Å². The summed E-state index contributed by atoms with van der Waals surface area (Å²) in [6.07, 6.45) is -10.1. The standard InChI is InChI=1S/C23H22ClF5N4O4/c24-16-6-4-13(5-7-16)21-31-33(22(37)32(21)11-18(35)20(25)26)12-19(36)30-17(8-9-34)14-2-1-3-15(10-14)23(27,28)29/h1-7,10,17-18,20,34-35H,8-9,11-12H2,(H,30,36). The fraction of sp³-hybridized carbons (Fsp3) is 0.348. The van der Waals surface area contributed by atoms with Gasteiger partial charge in [0, 0.05) is 17.2 Å². The van der Waals surface area contributed by atoms with Gasteiger partial charge in [0.2, 0.25) is 5.91 Å². The highest BCUT2D eigenvalue weighted by atomic mass is 35.5. The fourth-order valence-corrected chi connectivity index (χ4v) is 3.67. The van der Waals surface area contributed by atoms with E-state index in [1.54, 1.807) is 0 Å². The van der Waals surface area contributed by atoms with Gasteiger partial charge < -0.3 is 15.5 Å². The second-order valence-corrected chi connectivity index (χ2v) is 8.48. The number of hydrogen-bond acceptors (Lipinski definition) is 5. The minimum absolute atomic E-state index is 0.0806. The van der Waals surface area contributed by atoms with Crippen molar-refractivity contribution < 1.29 is 37.0 Å². The molecule has 3 aromatic rings. The number of aromatic nitrogens is 3. The average Bonchev–Trinajstić information content (AvgIpc) is 3.13. The van der Waals surface area contributed by atoms with Crippen molar-refractivity contribution >= 4 is 17.5 Å². The van der Waals surface area contributed by atoms with Gasteiger partial charge in [0.05, 0.1) is 18.2 Å². The lowest BCUT2D eigenvalue weighted by atomic mass is 10.0. The highest BCUT2D eigenvalue weighted by Gasteiger charge is 2.31. The number of nitrogens with one attached hydrogen (secondary N) is 1. The molecule has 0 saturated carbocycles. The number of halogens is 6. The molecule has 37 heavy (non-hydrogen) atoms. The normalized spacial score (nSPS) is 13.5. The van der Waals surface area contributed by atoms with Crippen molar-refractivity contribution in [2.24, 2.45) is 0 Å². The topological polar surface area (TPSA) is 109 Å². The molecule has 2 atom stereocenters. The van der Waals surface area contributed by atoms with Gasteiger partial charge in [0.1, 0.15) is 12.6 Å². The summed E-state index contributed by atoms with van der Waals surface area (Å²) in [4.78, 5) is 25.6. The number of benzene rings is 2. The lowest BCUT2D eigenvalue weighted by molar-refractivity contribution is -0.137. The van der Waals surface area contributed by atoms with Crippen LogP contribution in [0.2, 0.25) is 5.02 Å². The number of aliphatic hydroxyl groups is 2. The van der Waals surface area contributed by atoms with Crippen LogP contribution in [0.15, 0.2) is 53.3 Å². The van der Waals surface area contributed by atoms with Crippen molar-refractivity contribution in [1.29, 1.82) is 0 Å². The van der Waals surface area contributed by atoms with Gasteiger partial charge in [-0.3, -0.25) is 9.36 Å². The quantitative estimate of drug-likeness (QED) is 0.337. The van der Waals surface area contributed by atoms with Crippen LogP contribution in [0.5, 0.6) is 0 Å². The molecule has 3 N–H and O–H groups in total. The maximum absolute atomic E-state index is 13.1. The van der Waals surface area contributed by atoms with Gasteiger partial charge in [-0.1, -0.05) is 23.7 Å². The van der Waals surface area contributed by atoms with Gasteiger partial charge in [0.25, 0.3) is 6.43 Å². The summed E-state index contributed by atoms with van der Waals surface area (Å²) in [6.45, 7) is -1.98. The Morgan fingerprint density at radius 3 is 2.41 bits per heavy atom. The van der Waals surface area contributed by atoms with Gasteiger partial charge in [-0.05, 0) is 48.4 Å². The molecule has 200 valence electrons. The Balaban J connectivity index is 1.89. The monoisotopic (exact) mass is 548 g/mol. The Hall–Kier alpha value is -3.29. The molecule has 0 spiro atoms. The van der Waals surface area contributed by atoms with Gasteiger partial charge >= 0.3 is 11.9 Å². The number of nitrogens with zero attached hydrogens (tertiary/aromatic N) is 3. The number of hydrogen-bond donors (Lipinski definition) is 3. The number of rotatable bonds is 10. The van der Waals surface area contributed by atoms with E-state index in [1.807, 2.05) is 0 Å². The first-order valence-electron chi connectivity index (χ1n) is 10.9. The van der Waals surface area contributed by atoms with Gasteiger partial charge in [0.15, 0.2) is 5.82 Å². The average molecular weight is 549 g/mol. The molecule has 2 unspecified atom stereocenters. The van der Waals surface area contributed by atoms with Crippen LogP contribution in [-0.2, 0) is 24.1 Å². The molecule has 1 aromatic heterocycles. The maximum Gasteiger partial charge on any atom is 0.416 e. The van der Waals surface area contributed by atoms with E-state index in [4.69, 9.17) is 11.6 Å². The minimum Gasteiger partial charge on any atom is -0.396 e. The summed E-state index contributed by atoms with van der Waals surface area (Å²) >= 11 is 5.86. The Bertz CT molecular complexity index is 1280. The van der Waals surface area contributed by atoms with E-state index in [1.165, 1.54) is 30.3 Å². The molecule has 0 fully saturated rings.